The number of hydrogen-bond donors (Lipinski definition) is 1. The number of nitrogens with zero attached hydrogens (tertiary/aromatic N) is 2. The minimum atomic E-state index is -1.61. The molecule has 9 heteroatoms. The number of esters is 1. The van der Waals surface area contributed by atoms with Crippen LogP contribution in [0.1, 0.15) is 20.3 Å². The van der Waals surface area contributed by atoms with Crippen LogP contribution >= 0.6 is 0 Å². The van der Waals surface area contributed by atoms with Gasteiger partial charge in [-0.25, -0.2) is 14.7 Å². The van der Waals surface area contributed by atoms with E-state index >= 15 is 0 Å². The third kappa shape index (κ3) is 2.90. The minimum absolute atomic E-state index is 0.0511. The number of rotatable bonds is 4. The Morgan fingerprint density at radius 1 is 1.22 bits per heavy atom. The number of benzene rings is 1. The molecule has 27 heavy (non-hydrogen) atoms. The monoisotopic (exact) mass is 373 g/mol. The number of carbonyl (C=O) groups is 4. The second-order valence-electron chi connectivity index (χ2n) is 6.08. The highest BCUT2D eigenvalue weighted by Gasteiger charge is 2.59. The molecule has 2 aliphatic heterocycles. The lowest BCUT2D eigenvalue weighted by molar-refractivity contribution is -0.144. The SMILES string of the molecule is CCOC(=O)C1=C[C@@]2(CC(=O)N(c3ccc(OC)cc3)C2=O)N(C(C)=O)N1. The molecule has 1 N–H and O–H groups in total. The van der Waals surface area contributed by atoms with Crippen LogP contribution in [0.25, 0.3) is 0 Å². The Bertz CT molecular complexity index is 847. The summed E-state index contributed by atoms with van der Waals surface area (Å²) < 4.78 is 10.0. The van der Waals surface area contributed by atoms with Gasteiger partial charge >= 0.3 is 5.97 Å². The predicted octanol–water partition coefficient (Wildman–Crippen LogP) is 0.511. The van der Waals surface area contributed by atoms with E-state index in [-0.39, 0.29) is 18.7 Å². The zero-order valence-electron chi connectivity index (χ0n) is 15.1. The fraction of sp³-hybridized carbons (Fsp3) is 0.333. The Kier molecular flexibility index (Phi) is 4.61. The van der Waals surface area contributed by atoms with E-state index in [0.29, 0.717) is 11.4 Å². The average molecular weight is 373 g/mol. The number of ether oxygens (including phenoxy) is 2. The maximum absolute atomic E-state index is 13.2. The van der Waals surface area contributed by atoms with E-state index in [4.69, 9.17) is 9.47 Å². The lowest BCUT2D eigenvalue weighted by Crippen LogP contribution is -2.56. The van der Waals surface area contributed by atoms with E-state index in [0.717, 1.165) is 9.91 Å². The molecule has 1 fully saturated rings. The van der Waals surface area contributed by atoms with Gasteiger partial charge in [0.15, 0.2) is 5.54 Å². The van der Waals surface area contributed by atoms with E-state index in [9.17, 15) is 19.2 Å². The van der Waals surface area contributed by atoms with Crippen LogP contribution in [0, 0.1) is 0 Å². The fourth-order valence-corrected chi connectivity index (χ4v) is 3.20. The second-order valence-corrected chi connectivity index (χ2v) is 6.08. The maximum atomic E-state index is 13.2. The molecule has 142 valence electrons. The molecule has 0 radical (unpaired) electrons. The van der Waals surface area contributed by atoms with Gasteiger partial charge < -0.3 is 9.47 Å². The van der Waals surface area contributed by atoms with Gasteiger partial charge in [-0.05, 0) is 37.3 Å². The average Bonchev–Trinajstić information content (AvgIpc) is 3.14. The molecular weight excluding hydrogens is 354 g/mol. The quantitative estimate of drug-likeness (QED) is 0.606. The molecule has 1 saturated heterocycles. The van der Waals surface area contributed by atoms with Crippen LogP contribution in [-0.4, -0.2) is 48.0 Å². The van der Waals surface area contributed by atoms with Crippen LogP contribution in [0.3, 0.4) is 0 Å². The van der Waals surface area contributed by atoms with E-state index in [1.165, 1.54) is 20.1 Å². The van der Waals surface area contributed by atoms with Crippen molar-refractivity contribution < 1.29 is 28.7 Å². The Hall–Kier alpha value is -3.36. The zero-order valence-corrected chi connectivity index (χ0v) is 15.1. The van der Waals surface area contributed by atoms with Crippen molar-refractivity contribution in [3.8, 4) is 5.75 Å². The van der Waals surface area contributed by atoms with Gasteiger partial charge in [0.05, 0.1) is 25.8 Å². The summed E-state index contributed by atoms with van der Waals surface area (Å²) in [6.07, 6.45) is 1.00. The maximum Gasteiger partial charge on any atom is 0.355 e. The Morgan fingerprint density at radius 2 is 1.89 bits per heavy atom. The number of hydrogen-bond acceptors (Lipinski definition) is 7. The first-order valence-electron chi connectivity index (χ1n) is 8.33. The summed E-state index contributed by atoms with van der Waals surface area (Å²) in [5.41, 5.74) is 1.29. The topological polar surface area (TPSA) is 105 Å². The third-order valence-corrected chi connectivity index (χ3v) is 4.40. The van der Waals surface area contributed by atoms with Crippen LogP contribution in [0.2, 0.25) is 0 Å². The van der Waals surface area contributed by atoms with Crippen LogP contribution in [0.4, 0.5) is 5.69 Å². The predicted molar refractivity (Wildman–Crippen MR) is 93.2 cm³/mol. The first kappa shape index (κ1) is 18.4. The molecule has 2 heterocycles. The third-order valence-electron chi connectivity index (χ3n) is 4.40. The number of nitrogens with one attached hydrogen (secondary N) is 1. The largest absolute Gasteiger partial charge is 0.497 e. The summed E-state index contributed by atoms with van der Waals surface area (Å²) in [4.78, 5) is 51.0. The molecule has 3 rings (SSSR count). The smallest absolute Gasteiger partial charge is 0.355 e. The molecule has 1 aromatic carbocycles. The van der Waals surface area contributed by atoms with Crippen molar-refractivity contribution in [2.45, 2.75) is 25.8 Å². The second kappa shape index (κ2) is 6.75. The summed E-state index contributed by atoms with van der Waals surface area (Å²) in [5.74, 6) is -1.75. The standard InChI is InChI=1S/C18H19N3O6/c1-4-27-16(24)14-9-18(21(19-14)11(2)22)10-15(23)20(17(18)25)12-5-7-13(26-3)8-6-12/h5-9,19H,4,10H2,1-3H3/t18-/m0/s1. The van der Waals surface area contributed by atoms with Crippen LogP contribution in [-0.2, 0) is 23.9 Å². The van der Waals surface area contributed by atoms with Crippen molar-refractivity contribution in [1.82, 2.24) is 10.4 Å². The minimum Gasteiger partial charge on any atom is -0.497 e. The number of amides is 3. The Morgan fingerprint density at radius 3 is 2.44 bits per heavy atom. The van der Waals surface area contributed by atoms with Gasteiger partial charge in [0.25, 0.3) is 5.91 Å². The van der Waals surface area contributed by atoms with Crippen molar-refractivity contribution in [1.29, 1.82) is 0 Å². The van der Waals surface area contributed by atoms with Crippen LogP contribution < -0.4 is 15.1 Å². The first-order valence-corrected chi connectivity index (χ1v) is 8.33. The van der Waals surface area contributed by atoms with Crippen molar-refractivity contribution in [2.24, 2.45) is 0 Å². The highest BCUT2D eigenvalue weighted by atomic mass is 16.5. The van der Waals surface area contributed by atoms with Crippen LogP contribution in [0.5, 0.6) is 5.75 Å². The summed E-state index contributed by atoms with van der Waals surface area (Å²) >= 11 is 0. The van der Waals surface area contributed by atoms with Crippen LogP contribution in [0.15, 0.2) is 36.0 Å². The number of anilines is 1. The molecule has 1 atom stereocenters. The van der Waals surface area contributed by atoms with E-state index in [1.54, 1.807) is 31.2 Å². The Balaban J connectivity index is 2.00. The van der Waals surface area contributed by atoms with Crippen molar-refractivity contribution in [3.05, 3.63) is 36.0 Å². The highest BCUT2D eigenvalue weighted by Crippen LogP contribution is 2.38. The summed E-state index contributed by atoms with van der Waals surface area (Å²) in [7, 11) is 1.51. The van der Waals surface area contributed by atoms with Crippen molar-refractivity contribution in [2.75, 3.05) is 18.6 Å². The van der Waals surface area contributed by atoms with Gasteiger partial charge in [0, 0.05) is 6.92 Å². The highest BCUT2D eigenvalue weighted by molar-refractivity contribution is 6.26. The summed E-state index contributed by atoms with van der Waals surface area (Å²) in [6.45, 7) is 3.02. The zero-order chi connectivity index (χ0) is 19.8. The van der Waals surface area contributed by atoms with E-state index in [2.05, 4.69) is 5.43 Å². The molecule has 3 amide bonds. The number of methoxy groups -OCH3 is 1. The van der Waals surface area contributed by atoms with Gasteiger partial charge in [-0.1, -0.05) is 0 Å². The van der Waals surface area contributed by atoms with Gasteiger partial charge in [-0.2, -0.15) is 0 Å². The molecule has 0 aromatic heterocycles. The lowest BCUT2D eigenvalue weighted by Gasteiger charge is -2.30. The van der Waals surface area contributed by atoms with Crippen molar-refractivity contribution in [3.63, 3.8) is 0 Å². The first-order chi connectivity index (χ1) is 12.8. The normalized spacial score (nSPS) is 21.4. The van der Waals surface area contributed by atoms with Gasteiger partial charge in [-0.3, -0.25) is 19.8 Å². The molecule has 0 saturated carbocycles. The van der Waals surface area contributed by atoms with E-state index < -0.39 is 29.2 Å². The van der Waals surface area contributed by atoms with Crippen molar-refractivity contribution >= 4 is 29.4 Å². The molecule has 0 bridgehead atoms. The molecular formula is C18H19N3O6. The molecule has 1 aromatic rings. The van der Waals surface area contributed by atoms with E-state index in [1.807, 2.05) is 0 Å². The summed E-state index contributed by atoms with van der Waals surface area (Å²) in [6, 6.07) is 6.39. The molecule has 9 nitrogen and oxygen atoms in total. The molecule has 1 spiro atoms. The number of carbonyl (C=O) groups excluding carboxylic acids is 4. The van der Waals surface area contributed by atoms with Gasteiger partial charge in [-0.15, -0.1) is 0 Å². The lowest BCUT2D eigenvalue weighted by atomic mass is 9.96. The van der Waals surface area contributed by atoms with Gasteiger partial charge in [0.2, 0.25) is 11.8 Å². The fourth-order valence-electron chi connectivity index (χ4n) is 3.20. The summed E-state index contributed by atoms with van der Waals surface area (Å²) in [5, 5.41) is 1.00. The number of imide groups is 1. The molecule has 2 aliphatic rings. The Labute approximate surface area is 155 Å². The molecule has 0 unspecified atom stereocenters. The number of hydrazine groups is 1. The van der Waals surface area contributed by atoms with Gasteiger partial charge in [0.1, 0.15) is 11.4 Å². The molecule has 0 aliphatic carbocycles.